The number of morpholine rings is 1. The van der Waals surface area contributed by atoms with Crippen LogP contribution in [0.5, 0.6) is 0 Å². The van der Waals surface area contributed by atoms with Gasteiger partial charge in [-0.1, -0.05) is 0 Å². The molecular weight excluding hydrogens is 286 g/mol. The molecular formula is C14H21N5O3. The lowest BCUT2D eigenvalue weighted by Gasteiger charge is -2.43. The number of nitrogens with one attached hydrogen (secondary N) is 2. The highest BCUT2D eigenvalue weighted by molar-refractivity contribution is 5.91. The summed E-state index contributed by atoms with van der Waals surface area (Å²) in [5.41, 5.74) is 0.462. The van der Waals surface area contributed by atoms with Crippen molar-refractivity contribution >= 4 is 17.5 Å². The van der Waals surface area contributed by atoms with E-state index in [9.17, 15) is 9.59 Å². The highest BCUT2D eigenvalue weighted by Gasteiger charge is 2.39. The second-order valence-corrected chi connectivity index (χ2v) is 5.98. The number of amides is 2. The molecule has 22 heavy (non-hydrogen) atoms. The topological polar surface area (TPSA) is 88.5 Å². The van der Waals surface area contributed by atoms with Crippen molar-refractivity contribution in [1.82, 2.24) is 20.0 Å². The largest absolute Gasteiger partial charge is 0.363 e. The van der Waals surface area contributed by atoms with E-state index in [0.717, 1.165) is 25.9 Å². The fourth-order valence-corrected chi connectivity index (χ4v) is 2.91. The zero-order valence-electron chi connectivity index (χ0n) is 12.7. The highest BCUT2D eigenvalue weighted by Crippen LogP contribution is 2.27. The first kappa shape index (κ1) is 15.0. The Bertz CT molecular complexity index is 551. The summed E-state index contributed by atoms with van der Waals surface area (Å²) >= 11 is 0. The van der Waals surface area contributed by atoms with Crippen molar-refractivity contribution in [2.24, 2.45) is 7.05 Å². The summed E-state index contributed by atoms with van der Waals surface area (Å²) in [6, 6.07) is 0. The Kier molecular flexibility index (Phi) is 4.12. The van der Waals surface area contributed by atoms with Crippen LogP contribution in [0.1, 0.15) is 12.8 Å². The van der Waals surface area contributed by atoms with Gasteiger partial charge in [0, 0.05) is 32.9 Å². The standard InChI is InChI=1S/C14H21N5O3/c1-18-7-11(6-16-18)17-12(20)8-19-4-2-14(3-5-19)10-15-13(21)9-22-14/h6-7H,2-5,8-10H2,1H3,(H,15,21)(H,17,20). The Morgan fingerprint density at radius 3 is 2.86 bits per heavy atom. The lowest BCUT2D eigenvalue weighted by Crippen LogP contribution is -2.57. The molecule has 0 bridgehead atoms. The van der Waals surface area contributed by atoms with Crippen LogP contribution in [0.4, 0.5) is 5.69 Å². The van der Waals surface area contributed by atoms with E-state index in [4.69, 9.17) is 4.74 Å². The molecule has 0 atom stereocenters. The van der Waals surface area contributed by atoms with Gasteiger partial charge in [0.15, 0.2) is 0 Å². The van der Waals surface area contributed by atoms with Crippen LogP contribution in [0.2, 0.25) is 0 Å². The average Bonchev–Trinajstić information content (AvgIpc) is 2.90. The zero-order chi connectivity index (χ0) is 15.6. The maximum atomic E-state index is 12.0. The summed E-state index contributed by atoms with van der Waals surface area (Å²) in [6.07, 6.45) is 5.05. The van der Waals surface area contributed by atoms with Crippen LogP contribution in [-0.4, -0.2) is 64.9 Å². The fraction of sp³-hybridized carbons (Fsp3) is 0.643. The first-order valence-corrected chi connectivity index (χ1v) is 7.46. The molecule has 2 aliphatic heterocycles. The van der Waals surface area contributed by atoms with Gasteiger partial charge < -0.3 is 15.4 Å². The molecule has 0 unspecified atom stereocenters. The highest BCUT2D eigenvalue weighted by atomic mass is 16.5. The quantitative estimate of drug-likeness (QED) is 0.774. The molecule has 0 aliphatic carbocycles. The summed E-state index contributed by atoms with van der Waals surface area (Å²) in [7, 11) is 1.81. The first-order valence-electron chi connectivity index (χ1n) is 7.46. The van der Waals surface area contributed by atoms with Crippen LogP contribution < -0.4 is 10.6 Å². The van der Waals surface area contributed by atoms with Gasteiger partial charge in [0.1, 0.15) is 6.61 Å². The summed E-state index contributed by atoms with van der Waals surface area (Å²) in [5.74, 6) is -0.0919. The second kappa shape index (κ2) is 6.05. The van der Waals surface area contributed by atoms with Crippen LogP contribution in [0.3, 0.4) is 0 Å². The molecule has 1 aromatic rings. The Morgan fingerprint density at radius 2 is 2.27 bits per heavy atom. The molecule has 2 fully saturated rings. The fourth-order valence-electron chi connectivity index (χ4n) is 2.91. The Morgan fingerprint density at radius 1 is 1.50 bits per heavy atom. The average molecular weight is 307 g/mol. The Hall–Kier alpha value is -1.93. The monoisotopic (exact) mass is 307 g/mol. The molecule has 2 aliphatic rings. The smallest absolute Gasteiger partial charge is 0.246 e. The van der Waals surface area contributed by atoms with Crippen LogP contribution in [0.15, 0.2) is 12.4 Å². The number of ether oxygens (including phenoxy) is 1. The van der Waals surface area contributed by atoms with E-state index >= 15 is 0 Å². The molecule has 3 rings (SSSR count). The van der Waals surface area contributed by atoms with Crippen molar-refractivity contribution in [2.75, 3.05) is 38.1 Å². The number of hydrogen-bond acceptors (Lipinski definition) is 5. The first-order chi connectivity index (χ1) is 10.5. The third-order valence-corrected chi connectivity index (χ3v) is 4.24. The van der Waals surface area contributed by atoms with Gasteiger partial charge in [-0.05, 0) is 12.8 Å². The number of piperidine rings is 1. The van der Waals surface area contributed by atoms with E-state index < -0.39 is 0 Å². The van der Waals surface area contributed by atoms with E-state index in [0.29, 0.717) is 18.8 Å². The van der Waals surface area contributed by atoms with Crippen molar-refractivity contribution in [3.05, 3.63) is 12.4 Å². The second-order valence-electron chi connectivity index (χ2n) is 5.98. The number of carbonyl (C=O) groups excluding carboxylic acids is 2. The van der Waals surface area contributed by atoms with Crippen molar-refractivity contribution in [3.8, 4) is 0 Å². The molecule has 2 saturated heterocycles. The van der Waals surface area contributed by atoms with E-state index in [1.807, 2.05) is 7.05 Å². The maximum absolute atomic E-state index is 12.0. The van der Waals surface area contributed by atoms with E-state index in [2.05, 4.69) is 20.6 Å². The van der Waals surface area contributed by atoms with Gasteiger partial charge in [0.2, 0.25) is 11.8 Å². The lowest BCUT2D eigenvalue weighted by atomic mass is 9.90. The predicted octanol–water partition coefficient (Wildman–Crippen LogP) is -0.660. The summed E-state index contributed by atoms with van der Waals surface area (Å²) in [4.78, 5) is 25.3. The number of nitrogens with zero attached hydrogens (tertiary/aromatic N) is 3. The van der Waals surface area contributed by atoms with E-state index in [1.54, 1.807) is 17.1 Å². The number of anilines is 1. The van der Waals surface area contributed by atoms with Gasteiger partial charge in [-0.25, -0.2) is 0 Å². The normalized spacial score (nSPS) is 21.6. The summed E-state index contributed by atoms with van der Waals surface area (Å²) in [5, 5.41) is 9.71. The summed E-state index contributed by atoms with van der Waals surface area (Å²) < 4.78 is 7.37. The van der Waals surface area contributed by atoms with Gasteiger partial charge in [0.25, 0.3) is 0 Å². The van der Waals surface area contributed by atoms with E-state index in [-0.39, 0.29) is 24.0 Å². The van der Waals surface area contributed by atoms with Gasteiger partial charge >= 0.3 is 0 Å². The van der Waals surface area contributed by atoms with Crippen LogP contribution in [0.25, 0.3) is 0 Å². The molecule has 8 nitrogen and oxygen atoms in total. The Labute approximate surface area is 128 Å². The molecule has 0 aromatic carbocycles. The lowest BCUT2D eigenvalue weighted by molar-refractivity contribution is -0.150. The van der Waals surface area contributed by atoms with Crippen LogP contribution in [0, 0.1) is 0 Å². The molecule has 2 amide bonds. The number of rotatable bonds is 3. The minimum Gasteiger partial charge on any atom is -0.363 e. The minimum absolute atomic E-state index is 0.0400. The number of aromatic nitrogens is 2. The molecule has 120 valence electrons. The van der Waals surface area contributed by atoms with Crippen molar-refractivity contribution in [2.45, 2.75) is 18.4 Å². The van der Waals surface area contributed by atoms with Gasteiger partial charge in [-0.2, -0.15) is 5.10 Å². The number of carbonyl (C=O) groups is 2. The third kappa shape index (κ3) is 3.45. The predicted molar refractivity (Wildman–Crippen MR) is 79.2 cm³/mol. The Balaban J connectivity index is 1.45. The molecule has 0 radical (unpaired) electrons. The number of hydrogen-bond donors (Lipinski definition) is 2. The summed E-state index contributed by atoms with van der Waals surface area (Å²) in [6.45, 7) is 2.65. The minimum atomic E-state index is -0.246. The van der Waals surface area contributed by atoms with Crippen molar-refractivity contribution in [3.63, 3.8) is 0 Å². The molecule has 1 spiro atoms. The number of aryl methyl sites for hydroxylation is 1. The van der Waals surface area contributed by atoms with Crippen molar-refractivity contribution < 1.29 is 14.3 Å². The van der Waals surface area contributed by atoms with Gasteiger partial charge in [-0.3, -0.25) is 19.2 Å². The molecule has 3 heterocycles. The van der Waals surface area contributed by atoms with E-state index in [1.165, 1.54) is 0 Å². The van der Waals surface area contributed by atoms with Crippen LogP contribution in [-0.2, 0) is 21.4 Å². The number of likely N-dealkylation sites (tertiary alicyclic amines) is 1. The molecule has 1 aromatic heterocycles. The SMILES string of the molecule is Cn1cc(NC(=O)CN2CCC3(CC2)CNC(=O)CO3)cn1. The molecule has 2 N–H and O–H groups in total. The third-order valence-electron chi connectivity index (χ3n) is 4.24. The van der Waals surface area contributed by atoms with Gasteiger partial charge in [0.05, 0.1) is 24.0 Å². The zero-order valence-corrected chi connectivity index (χ0v) is 12.7. The maximum Gasteiger partial charge on any atom is 0.246 e. The van der Waals surface area contributed by atoms with Gasteiger partial charge in [-0.15, -0.1) is 0 Å². The molecule has 0 saturated carbocycles. The van der Waals surface area contributed by atoms with Crippen LogP contribution >= 0.6 is 0 Å². The van der Waals surface area contributed by atoms with Crippen molar-refractivity contribution in [1.29, 1.82) is 0 Å². The molecule has 8 heteroatoms.